The number of carbonyl (C=O) groups is 10. The van der Waals surface area contributed by atoms with E-state index in [1.165, 1.54) is 46.3 Å². The summed E-state index contributed by atoms with van der Waals surface area (Å²) in [6.07, 6.45) is 14.2. The van der Waals surface area contributed by atoms with Crippen LogP contribution in [0, 0.1) is 42.4 Å². The van der Waals surface area contributed by atoms with E-state index in [1.807, 2.05) is 38.1 Å². The second-order valence-electron chi connectivity index (χ2n) is 28.8. The zero-order chi connectivity index (χ0) is 72.4. The maximum Gasteiger partial charge on any atom is 0.312 e. The average Bonchev–Trinajstić information content (AvgIpc) is 1.56. The Balaban J connectivity index is 1.03. The SMILES string of the molecule is CO[C@H]1/C=C/O[C@@]2(C)Oc3c(C)c(O)c4c(c3C2=O)C2=NC3(CC[N+](Cc5ccc(NC(=O)[C@H](CCCNC(N)=O)NC(=O)[C@@H](NC(=O)CCCCCN6C(=O)C=CC6=O)C(C)C)cc5)(CC(C)C)CC3)NC2=C(NC(=O)/C(C)=C\C=C\[C@H](C)C[C@@H](C)C[C@@H](C)[C@H](OC(C)=O)[C@@H]1C)C4=O. The van der Waals surface area contributed by atoms with Crippen molar-refractivity contribution >= 4 is 70.4 Å². The highest BCUT2D eigenvalue weighted by molar-refractivity contribution is 6.34. The molecule has 8 rings (SSSR count). The molecular weight excluding hydrogens is 1270 g/mol. The lowest BCUT2D eigenvalue weighted by atomic mass is 9.81. The molecule has 5 bridgehead atoms. The lowest BCUT2D eigenvalue weighted by Gasteiger charge is -2.47. The molecule has 8 amide bonds. The molecule has 9 atom stereocenters. The van der Waals surface area contributed by atoms with Crippen molar-refractivity contribution in [3.63, 3.8) is 0 Å². The number of fused-ring (bicyclic) bond motifs is 3. The zero-order valence-electron chi connectivity index (χ0n) is 59.5. The number of quaternary nitrogens is 1. The topological polar surface area (TPSA) is 342 Å². The fourth-order valence-electron chi connectivity index (χ4n) is 14.6. The molecule has 536 valence electrons. The number of hydrogen-bond donors (Lipinski definition) is 8. The number of rotatable bonds is 22. The largest absolute Gasteiger partial charge is 0.507 e. The summed E-state index contributed by atoms with van der Waals surface area (Å²) in [5, 5.41) is 29.8. The number of ketones is 2. The molecule has 5 heterocycles. The van der Waals surface area contributed by atoms with E-state index in [4.69, 9.17) is 29.7 Å². The van der Waals surface area contributed by atoms with Gasteiger partial charge in [-0.15, -0.1) is 0 Å². The van der Waals surface area contributed by atoms with Gasteiger partial charge in [-0.3, -0.25) is 53.0 Å². The van der Waals surface area contributed by atoms with Crippen molar-refractivity contribution in [1.82, 2.24) is 31.5 Å². The molecule has 1 saturated heterocycles. The third-order valence-electron chi connectivity index (χ3n) is 19.7. The van der Waals surface area contributed by atoms with E-state index in [-0.39, 0.29) is 131 Å². The standard InChI is InChI=1S/C74H100N10O15/c1-41(2)39-84(40-50-23-25-51(26-24-50)77-70(93)52(21-18-32-76-72(75)95)78-71(94)60(42(3)4)79-54(86)22-15-14-16-33-83-55(87)27-28-56(83)88)34-30-74(31-35-84)81-61-57-58-64(89)48(10)67-59(57)68(91)73(12,99-67)97-36-29-53(96-13)47(9)66(98-49(11)85)46(8)38-44(6)37-43(5)19-17-20-45(7)69(92)80-63(65(58)90)62(61)82-74/h17,19-20,23-29,36,41-44,46-47,52-53,60,66H,14-16,18,21-22,30-35,37-40H2,1-13H3,(H8-,75,76,77,78,79,80,81,82,86,87,88,89,90,91,92,93,94,95)/p+1/b19-17+,36-29+,45-20-/t43-,44+,46+,47+,52-,53-,60-,66-,73-,74?,84?/m0/s1. The van der Waals surface area contributed by atoms with Gasteiger partial charge >= 0.3 is 17.8 Å². The van der Waals surface area contributed by atoms with Gasteiger partial charge in [-0.2, -0.15) is 0 Å². The van der Waals surface area contributed by atoms with Gasteiger partial charge in [-0.05, 0) is 94.3 Å². The number of allylic oxidation sites excluding steroid dienone is 5. The quantitative estimate of drug-likeness (QED) is 0.0240. The fraction of sp³-hybridized carbons (Fsp3) is 0.554. The van der Waals surface area contributed by atoms with E-state index in [0.717, 1.165) is 29.8 Å². The number of aliphatic imine (C=N–C) groups is 1. The van der Waals surface area contributed by atoms with Crippen molar-refractivity contribution in [2.24, 2.45) is 46.2 Å². The second-order valence-corrected chi connectivity index (χ2v) is 28.8. The van der Waals surface area contributed by atoms with Gasteiger partial charge in [-0.1, -0.05) is 92.2 Å². The monoisotopic (exact) mass is 1370 g/mol. The molecular formula is C74H101N10O15+. The number of ether oxygens (including phenoxy) is 4. The summed E-state index contributed by atoms with van der Waals surface area (Å²) in [5.74, 6) is -7.25. The van der Waals surface area contributed by atoms with E-state index < -0.39 is 82.8 Å². The first-order valence-electron chi connectivity index (χ1n) is 34.7. The minimum Gasteiger partial charge on any atom is -0.507 e. The van der Waals surface area contributed by atoms with Gasteiger partial charge in [0, 0.05) is 105 Å². The Bertz CT molecular complexity index is 3640. The van der Waals surface area contributed by atoms with Gasteiger partial charge in [0.2, 0.25) is 23.5 Å². The van der Waals surface area contributed by atoms with Crippen LogP contribution in [0.3, 0.4) is 0 Å². The van der Waals surface area contributed by atoms with Crippen LogP contribution in [0.15, 0.2) is 88.9 Å². The van der Waals surface area contributed by atoms with Gasteiger partial charge in [0.05, 0.1) is 54.5 Å². The number of aromatic hydroxyl groups is 1. The summed E-state index contributed by atoms with van der Waals surface area (Å²) < 4.78 is 25.2. The fourth-order valence-corrected chi connectivity index (χ4v) is 14.6. The molecule has 1 spiro atoms. The molecule has 0 unspecified atom stereocenters. The maximum atomic E-state index is 15.3. The summed E-state index contributed by atoms with van der Waals surface area (Å²) in [4.78, 5) is 141. The number of nitrogens with one attached hydrogen (secondary N) is 6. The number of primary amides is 1. The predicted octanol–water partition coefficient (Wildman–Crippen LogP) is 7.89. The summed E-state index contributed by atoms with van der Waals surface area (Å²) in [6, 6.07) is 4.66. The van der Waals surface area contributed by atoms with E-state index >= 15 is 9.59 Å². The van der Waals surface area contributed by atoms with Crippen LogP contribution in [0.25, 0.3) is 0 Å². The zero-order valence-corrected chi connectivity index (χ0v) is 59.5. The number of urea groups is 1. The minimum atomic E-state index is -2.00. The predicted molar refractivity (Wildman–Crippen MR) is 371 cm³/mol. The van der Waals surface area contributed by atoms with Crippen molar-refractivity contribution < 1.29 is 76.5 Å². The van der Waals surface area contributed by atoms with Gasteiger partial charge in [0.25, 0.3) is 23.5 Å². The van der Waals surface area contributed by atoms with Crippen LogP contribution in [0.1, 0.15) is 178 Å². The number of hydrogen-bond acceptors (Lipinski definition) is 17. The first-order valence-corrected chi connectivity index (χ1v) is 34.7. The molecule has 0 radical (unpaired) electrons. The Labute approximate surface area is 580 Å². The number of esters is 1. The molecule has 25 nitrogen and oxygen atoms in total. The Morgan fingerprint density at radius 3 is 2.19 bits per heavy atom. The molecule has 99 heavy (non-hydrogen) atoms. The van der Waals surface area contributed by atoms with Crippen LogP contribution in [-0.2, 0) is 54.3 Å². The molecule has 1 aliphatic carbocycles. The number of Topliss-reactive ketones (excluding diaryl/α,β-unsaturated/α-hetero) is 2. The number of nitrogens with zero attached hydrogens (tertiary/aromatic N) is 3. The minimum absolute atomic E-state index is 0.00452. The number of likely N-dealkylation sites (tertiary alicyclic amines) is 1. The van der Waals surface area contributed by atoms with Gasteiger partial charge in [0.1, 0.15) is 47.6 Å². The molecule has 6 aliphatic rings. The molecule has 2 aromatic carbocycles. The number of amides is 8. The lowest BCUT2D eigenvalue weighted by molar-refractivity contribution is -0.949. The highest BCUT2D eigenvalue weighted by Gasteiger charge is 2.56. The van der Waals surface area contributed by atoms with Crippen LogP contribution in [0.2, 0.25) is 0 Å². The van der Waals surface area contributed by atoms with E-state index in [9.17, 15) is 43.5 Å². The van der Waals surface area contributed by atoms with Gasteiger partial charge < -0.3 is 66.2 Å². The van der Waals surface area contributed by atoms with Crippen LogP contribution in [-0.4, -0.2) is 155 Å². The number of anilines is 1. The number of unbranched alkanes of at least 4 members (excludes halogenated alkanes) is 2. The summed E-state index contributed by atoms with van der Waals surface area (Å²) in [6.45, 7) is 25.0. The molecule has 25 heteroatoms. The van der Waals surface area contributed by atoms with Crippen LogP contribution in [0.5, 0.6) is 11.5 Å². The Morgan fingerprint density at radius 2 is 1.56 bits per heavy atom. The van der Waals surface area contributed by atoms with Crippen molar-refractivity contribution in [3.05, 3.63) is 112 Å². The average molecular weight is 1370 g/mol. The third-order valence-corrected chi connectivity index (χ3v) is 19.7. The number of phenolic OH excluding ortho intramolecular Hbond substituents is 1. The summed E-state index contributed by atoms with van der Waals surface area (Å²) >= 11 is 0. The first-order chi connectivity index (χ1) is 46.8. The van der Waals surface area contributed by atoms with Gasteiger partial charge in [-0.25, -0.2) is 4.79 Å². The molecule has 1 fully saturated rings. The van der Waals surface area contributed by atoms with Crippen LogP contribution in [0.4, 0.5) is 10.5 Å². The van der Waals surface area contributed by atoms with E-state index in [2.05, 4.69) is 59.6 Å². The molecule has 9 N–H and O–H groups in total. The normalized spacial score (nSPS) is 27.3. The van der Waals surface area contributed by atoms with Crippen molar-refractivity contribution in [3.8, 4) is 11.5 Å². The number of benzene rings is 2. The highest BCUT2D eigenvalue weighted by atomic mass is 16.7. The molecule has 0 aromatic heterocycles. The Hall–Kier alpha value is -8.97. The highest BCUT2D eigenvalue weighted by Crippen LogP contribution is 2.51. The Kier molecular flexibility index (Phi) is 24.8. The van der Waals surface area contributed by atoms with Gasteiger partial charge in [0.15, 0.2) is 0 Å². The maximum absolute atomic E-state index is 15.3. The third kappa shape index (κ3) is 18.1. The van der Waals surface area contributed by atoms with Crippen molar-refractivity contribution in [2.75, 3.05) is 45.2 Å². The second kappa shape index (κ2) is 32.4. The molecule has 2 aromatic rings. The molecule has 0 saturated carbocycles. The summed E-state index contributed by atoms with van der Waals surface area (Å²) in [7, 11) is 1.54. The number of piperidine rings is 1. The number of methoxy groups -OCH3 is 1. The van der Waals surface area contributed by atoms with Crippen molar-refractivity contribution in [2.45, 2.75) is 190 Å². The van der Waals surface area contributed by atoms with E-state index in [1.54, 1.807) is 45.1 Å². The smallest absolute Gasteiger partial charge is 0.312 e. The van der Waals surface area contributed by atoms with Crippen molar-refractivity contribution in [1.29, 1.82) is 0 Å². The van der Waals surface area contributed by atoms with Crippen LogP contribution < -0.4 is 42.4 Å². The number of nitrogens with two attached hydrogens (primary N) is 1. The number of phenols is 1. The summed E-state index contributed by atoms with van der Waals surface area (Å²) in [5.41, 5.74) is 6.18. The Morgan fingerprint density at radius 1 is 0.869 bits per heavy atom. The lowest BCUT2D eigenvalue weighted by Crippen LogP contribution is -2.60. The van der Waals surface area contributed by atoms with E-state index in [0.29, 0.717) is 67.5 Å². The molecule has 5 aliphatic heterocycles. The number of imide groups is 1. The first kappa shape index (κ1) is 75.8. The number of carbonyl (C=O) groups excluding carboxylic acids is 10. The van der Waals surface area contributed by atoms with Crippen LogP contribution >= 0.6 is 0 Å².